The van der Waals surface area contributed by atoms with Gasteiger partial charge in [-0.05, 0) is 31.5 Å². The van der Waals surface area contributed by atoms with Crippen molar-refractivity contribution in [3.63, 3.8) is 0 Å². The molecule has 1 aliphatic heterocycles. The summed E-state index contributed by atoms with van der Waals surface area (Å²) in [5.41, 5.74) is 0.828. The van der Waals surface area contributed by atoms with E-state index >= 15 is 0 Å². The van der Waals surface area contributed by atoms with Crippen molar-refractivity contribution in [1.82, 2.24) is 15.2 Å². The molecule has 1 unspecified atom stereocenters. The van der Waals surface area contributed by atoms with Crippen LogP contribution in [0.3, 0.4) is 0 Å². The summed E-state index contributed by atoms with van der Waals surface area (Å²) in [7, 11) is 1.86. The largest absolute Gasteiger partial charge is 0.341 e. The molecule has 0 spiro atoms. The number of nitrogens with one attached hydrogen (secondary N) is 1. The lowest BCUT2D eigenvalue weighted by atomic mass is 9.88. The van der Waals surface area contributed by atoms with Crippen molar-refractivity contribution >= 4 is 5.91 Å². The molecular weight excluding hydrogens is 214 g/mol. The second kappa shape index (κ2) is 4.84. The summed E-state index contributed by atoms with van der Waals surface area (Å²) in [4.78, 5) is 18.2. The van der Waals surface area contributed by atoms with Crippen molar-refractivity contribution in [1.29, 1.82) is 0 Å². The third-order valence-electron chi connectivity index (χ3n) is 3.37. The molecule has 1 fully saturated rings. The van der Waals surface area contributed by atoms with E-state index in [9.17, 15) is 4.79 Å². The summed E-state index contributed by atoms with van der Waals surface area (Å²) in [6, 6.07) is 3.89. The Labute approximate surface area is 102 Å². The van der Waals surface area contributed by atoms with Crippen LogP contribution in [0.25, 0.3) is 0 Å². The number of amides is 1. The summed E-state index contributed by atoms with van der Waals surface area (Å²) in [5, 5.41) is 3.25. The molecular formula is C13H19N3O. The fourth-order valence-corrected chi connectivity index (χ4v) is 2.30. The third-order valence-corrected chi connectivity index (χ3v) is 3.37. The van der Waals surface area contributed by atoms with Crippen LogP contribution in [0.15, 0.2) is 24.5 Å². The number of hydrogen-bond donors (Lipinski definition) is 1. The standard InChI is InChI=1S/C13H19N3O/c1-13(5-7-15-10-13)12(17)16(2)9-11-4-3-6-14-8-11/h3-4,6,8,15H,5,7,9-10H2,1-2H3. The Kier molecular flexibility index (Phi) is 3.43. The van der Waals surface area contributed by atoms with Gasteiger partial charge < -0.3 is 10.2 Å². The van der Waals surface area contributed by atoms with E-state index in [4.69, 9.17) is 0 Å². The van der Waals surface area contributed by atoms with E-state index in [2.05, 4.69) is 10.3 Å². The molecule has 92 valence electrons. The molecule has 0 aromatic carbocycles. The van der Waals surface area contributed by atoms with Gasteiger partial charge in [-0.1, -0.05) is 6.07 Å². The third kappa shape index (κ3) is 2.64. The maximum atomic E-state index is 12.3. The Bertz CT molecular complexity index is 385. The molecule has 1 aliphatic rings. The number of rotatable bonds is 3. The molecule has 2 rings (SSSR count). The van der Waals surface area contributed by atoms with Crippen LogP contribution in [-0.4, -0.2) is 35.9 Å². The predicted molar refractivity (Wildman–Crippen MR) is 66.3 cm³/mol. The molecule has 2 heterocycles. The van der Waals surface area contributed by atoms with Crippen LogP contribution in [0.1, 0.15) is 18.9 Å². The SMILES string of the molecule is CN(Cc1cccnc1)C(=O)C1(C)CCNC1. The summed E-state index contributed by atoms with van der Waals surface area (Å²) in [6.07, 6.45) is 4.47. The average Bonchev–Trinajstić information content (AvgIpc) is 2.78. The first-order valence-electron chi connectivity index (χ1n) is 5.97. The highest BCUT2D eigenvalue weighted by atomic mass is 16.2. The van der Waals surface area contributed by atoms with E-state index in [1.54, 1.807) is 17.3 Å². The van der Waals surface area contributed by atoms with Gasteiger partial charge in [-0.3, -0.25) is 9.78 Å². The summed E-state index contributed by atoms with van der Waals surface area (Å²) >= 11 is 0. The number of hydrogen-bond acceptors (Lipinski definition) is 3. The lowest BCUT2D eigenvalue weighted by Gasteiger charge is -2.28. The zero-order valence-corrected chi connectivity index (χ0v) is 10.4. The van der Waals surface area contributed by atoms with E-state index in [1.165, 1.54) is 0 Å². The first-order valence-corrected chi connectivity index (χ1v) is 5.97. The Morgan fingerprint density at radius 3 is 3.06 bits per heavy atom. The molecule has 4 nitrogen and oxygen atoms in total. The lowest BCUT2D eigenvalue weighted by molar-refractivity contribution is -0.139. The molecule has 1 aromatic rings. The average molecular weight is 233 g/mol. The van der Waals surface area contributed by atoms with Crippen molar-refractivity contribution in [3.8, 4) is 0 Å². The van der Waals surface area contributed by atoms with Gasteiger partial charge in [-0.25, -0.2) is 0 Å². The topological polar surface area (TPSA) is 45.2 Å². The zero-order valence-electron chi connectivity index (χ0n) is 10.4. The number of carbonyl (C=O) groups excluding carboxylic acids is 1. The number of pyridine rings is 1. The van der Waals surface area contributed by atoms with Crippen LogP contribution in [0, 0.1) is 5.41 Å². The molecule has 1 N–H and O–H groups in total. The monoisotopic (exact) mass is 233 g/mol. The van der Waals surface area contributed by atoms with Crippen molar-refractivity contribution < 1.29 is 4.79 Å². The fraction of sp³-hybridized carbons (Fsp3) is 0.538. The molecule has 0 bridgehead atoms. The fourth-order valence-electron chi connectivity index (χ4n) is 2.30. The summed E-state index contributed by atoms with van der Waals surface area (Å²) < 4.78 is 0. The van der Waals surface area contributed by atoms with Crippen molar-refractivity contribution in [3.05, 3.63) is 30.1 Å². The van der Waals surface area contributed by atoms with Gasteiger partial charge >= 0.3 is 0 Å². The second-order valence-electron chi connectivity index (χ2n) is 5.01. The number of aromatic nitrogens is 1. The first kappa shape index (κ1) is 12.0. The Morgan fingerprint density at radius 1 is 1.65 bits per heavy atom. The minimum absolute atomic E-state index is 0.214. The molecule has 1 amide bonds. The van der Waals surface area contributed by atoms with Crippen LogP contribution in [0.2, 0.25) is 0 Å². The molecule has 0 radical (unpaired) electrons. The van der Waals surface area contributed by atoms with E-state index in [1.807, 2.05) is 26.1 Å². The van der Waals surface area contributed by atoms with E-state index in [-0.39, 0.29) is 11.3 Å². The van der Waals surface area contributed by atoms with Crippen LogP contribution in [-0.2, 0) is 11.3 Å². The molecule has 1 aromatic heterocycles. The van der Waals surface area contributed by atoms with Crippen LogP contribution in [0.4, 0.5) is 0 Å². The van der Waals surface area contributed by atoms with Crippen LogP contribution in [0.5, 0.6) is 0 Å². The highest BCUT2D eigenvalue weighted by molar-refractivity contribution is 5.82. The molecule has 4 heteroatoms. The van der Waals surface area contributed by atoms with Gasteiger partial charge in [0.05, 0.1) is 5.41 Å². The Balaban J connectivity index is 2.00. The Morgan fingerprint density at radius 2 is 2.47 bits per heavy atom. The van der Waals surface area contributed by atoms with E-state index in [0.29, 0.717) is 6.54 Å². The molecule has 1 saturated heterocycles. The predicted octanol–water partition coefficient (Wildman–Crippen LogP) is 1.04. The molecule has 0 aliphatic carbocycles. The normalized spacial score (nSPS) is 23.6. The van der Waals surface area contributed by atoms with E-state index in [0.717, 1.165) is 25.1 Å². The van der Waals surface area contributed by atoms with Crippen molar-refractivity contribution in [2.24, 2.45) is 5.41 Å². The van der Waals surface area contributed by atoms with Crippen molar-refractivity contribution in [2.45, 2.75) is 19.9 Å². The zero-order chi connectivity index (χ0) is 12.3. The molecule has 1 atom stereocenters. The van der Waals surface area contributed by atoms with Gasteiger partial charge in [0.15, 0.2) is 0 Å². The maximum Gasteiger partial charge on any atom is 0.229 e. The van der Waals surface area contributed by atoms with Gasteiger partial charge in [-0.2, -0.15) is 0 Å². The van der Waals surface area contributed by atoms with Crippen molar-refractivity contribution in [2.75, 3.05) is 20.1 Å². The molecule has 0 saturated carbocycles. The first-order chi connectivity index (χ1) is 8.12. The van der Waals surface area contributed by atoms with Gasteiger partial charge in [0.25, 0.3) is 0 Å². The highest BCUT2D eigenvalue weighted by Crippen LogP contribution is 2.27. The number of carbonyl (C=O) groups is 1. The minimum Gasteiger partial charge on any atom is -0.341 e. The lowest BCUT2D eigenvalue weighted by Crippen LogP contribution is -2.41. The number of nitrogens with zero attached hydrogens (tertiary/aromatic N) is 2. The van der Waals surface area contributed by atoms with Crippen LogP contribution < -0.4 is 5.32 Å². The second-order valence-corrected chi connectivity index (χ2v) is 5.01. The van der Waals surface area contributed by atoms with Gasteiger partial charge in [-0.15, -0.1) is 0 Å². The van der Waals surface area contributed by atoms with Crippen LogP contribution >= 0.6 is 0 Å². The summed E-state index contributed by atoms with van der Waals surface area (Å²) in [6.45, 7) is 4.38. The maximum absolute atomic E-state index is 12.3. The van der Waals surface area contributed by atoms with Gasteiger partial charge in [0, 0.05) is 32.5 Å². The highest BCUT2D eigenvalue weighted by Gasteiger charge is 2.38. The smallest absolute Gasteiger partial charge is 0.229 e. The van der Waals surface area contributed by atoms with Gasteiger partial charge in [0.1, 0.15) is 0 Å². The van der Waals surface area contributed by atoms with E-state index < -0.39 is 0 Å². The molecule has 17 heavy (non-hydrogen) atoms. The Hall–Kier alpha value is -1.42. The quantitative estimate of drug-likeness (QED) is 0.848. The minimum atomic E-state index is -0.239. The van der Waals surface area contributed by atoms with Gasteiger partial charge in [0.2, 0.25) is 5.91 Å². The summed E-state index contributed by atoms with van der Waals surface area (Å²) in [5.74, 6) is 0.214.